The molecule has 3 N–H and O–H groups in total. The van der Waals surface area contributed by atoms with Crippen molar-refractivity contribution < 1.29 is 5.11 Å². The molecular formula is C9H14N2OS. The Morgan fingerprint density at radius 3 is 2.85 bits per heavy atom. The summed E-state index contributed by atoms with van der Waals surface area (Å²) >= 11 is 1.51. The van der Waals surface area contributed by atoms with Crippen LogP contribution in [-0.4, -0.2) is 28.0 Å². The van der Waals surface area contributed by atoms with Gasteiger partial charge in [-0.25, -0.2) is 4.98 Å². The van der Waals surface area contributed by atoms with Gasteiger partial charge in [0, 0.05) is 17.5 Å². The van der Waals surface area contributed by atoms with Crippen molar-refractivity contribution in [3.8, 4) is 0 Å². The fourth-order valence-electron chi connectivity index (χ4n) is 0.883. The summed E-state index contributed by atoms with van der Waals surface area (Å²) in [5.74, 6) is 0. The van der Waals surface area contributed by atoms with Crippen LogP contribution in [0.15, 0.2) is 29.4 Å². The van der Waals surface area contributed by atoms with E-state index in [2.05, 4.69) is 4.98 Å². The molecule has 1 aromatic heterocycles. The summed E-state index contributed by atoms with van der Waals surface area (Å²) in [7, 11) is 0. The first-order valence-corrected chi connectivity index (χ1v) is 5.06. The number of aromatic nitrogens is 1. The van der Waals surface area contributed by atoms with Gasteiger partial charge in [0.2, 0.25) is 0 Å². The van der Waals surface area contributed by atoms with E-state index in [-0.39, 0.29) is 17.9 Å². The minimum atomic E-state index is -0.0305. The minimum Gasteiger partial charge on any atom is -0.395 e. The summed E-state index contributed by atoms with van der Waals surface area (Å²) in [6.45, 7) is 1.97. The Morgan fingerprint density at radius 1 is 1.62 bits per heavy atom. The molecule has 0 spiro atoms. The Morgan fingerprint density at radius 2 is 2.38 bits per heavy atom. The van der Waals surface area contributed by atoms with E-state index in [0.29, 0.717) is 0 Å². The molecule has 4 heteroatoms. The standard InChI is InChI=1S/C9H14N2OS/c1-7(10)8(6-12)13-9-4-2-3-5-11-9/h2-5,7-8,12H,6,10H2,1H3. The van der Waals surface area contributed by atoms with E-state index in [1.54, 1.807) is 6.20 Å². The number of nitrogens with zero attached hydrogens (tertiary/aromatic N) is 1. The molecule has 0 amide bonds. The molecular weight excluding hydrogens is 184 g/mol. The second-order valence-electron chi connectivity index (χ2n) is 2.87. The van der Waals surface area contributed by atoms with Crippen molar-refractivity contribution in [1.82, 2.24) is 4.98 Å². The maximum absolute atomic E-state index is 9.03. The van der Waals surface area contributed by atoms with E-state index in [1.807, 2.05) is 25.1 Å². The Kier molecular flexibility index (Phi) is 4.21. The average molecular weight is 198 g/mol. The second-order valence-corrected chi connectivity index (χ2v) is 4.13. The highest BCUT2D eigenvalue weighted by atomic mass is 32.2. The maximum atomic E-state index is 9.03. The molecule has 2 unspecified atom stereocenters. The zero-order valence-electron chi connectivity index (χ0n) is 7.55. The van der Waals surface area contributed by atoms with Gasteiger partial charge in [-0.15, -0.1) is 0 Å². The number of aliphatic hydroxyl groups excluding tert-OH is 1. The van der Waals surface area contributed by atoms with Crippen LogP contribution in [0.3, 0.4) is 0 Å². The molecule has 0 fully saturated rings. The molecule has 0 saturated carbocycles. The van der Waals surface area contributed by atoms with Crippen LogP contribution in [0.5, 0.6) is 0 Å². The molecule has 3 nitrogen and oxygen atoms in total. The number of hydrogen-bond donors (Lipinski definition) is 2. The first-order valence-electron chi connectivity index (χ1n) is 4.18. The molecule has 1 aromatic rings. The summed E-state index contributed by atoms with van der Waals surface area (Å²) in [5, 5.41) is 9.95. The van der Waals surface area contributed by atoms with Gasteiger partial charge in [0.15, 0.2) is 0 Å². The van der Waals surface area contributed by atoms with E-state index in [9.17, 15) is 0 Å². The third-order valence-electron chi connectivity index (χ3n) is 1.68. The second kappa shape index (κ2) is 5.21. The summed E-state index contributed by atoms with van der Waals surface area (Å²) < 4.78 is 0. The zero-order valence-corrected chi connectivity index (χ0v) is 8.37. The van der Waals surface area contributed by atoms with Gasteiger partial charge in [-0.1, -0.05) is 17.8 Å². The monoisotopic (exact) mass is 198 g/mol. The minimum absolute atomic E-state index is 0.0231. The topological polar surface area (TPSA) is 59.1 Å². The first kappa shape index (κ1) is 10.5. The average Bonchev–Trinajstić information content (AvgIpc) is 2.15. The lowest BCUT2D eigenvalue weighted by atomic mass is 10.3. The van der Waals surface area contributed by atoms with Crippen LogP contribution in [0.4, 0.5) is 0 Å². The van der Waals surface area contributed by atoms with Crippen LogP contribution >= 0.6 is 11.8 Å². The van der Waals surface area contributed by atoms with E-state index in [4.69, 9.17) is 10.8 Å². The van der Waals surface area contributed by atoms with Crippen LogP contribution in [0.1, 0.15) is 6.92 Å². The van der Waals surface area contributed by atoms with Crippen molar-refractivity contribution in [2.75, 3.05) is 6.61 Å². The molecule has 0 aliphatic carbocycles. The van der Waals surface area contributed by atoms with Crippen molar-refractivity contribution in [2.24, 2.45) is 5.73 Å². The van der Waals surface area contributed by atoms with E-state index < -0.39 is 0 Å². The highest BCUT2D eigenvalue weighted by molar-refractivity contribution is 7.99. The van der Waals surface area contributed by atoms with Gasteiger partial charge in [-0.05, 0) is 19.1 Å². The smallest absolute Gasteiger partial charge is 0.0963 e. The number of nitrogens with two attached hydrogens (primary N) is 1. The predicted octanol–water partition coefficient (Wildman–Crippen LogP) is 0.882. The van der Waals surface area contributed by atoms with Crippen molar-refractivity contribution in [3.63, 3.8) is 0 Å². The van der Waals surface area contributed by atoms with E-state index in [1.165, 1.54) is 11.8 Å². The highest BCUT2D eigenvalue weighted by Gasteiger charge is 2.14. The van der Waals surface area contributed by atoms with Gasteiger partial charge < -0.3 is 10.8 Å². The summed E-state index contributed by atoms with van der Waals surface area (Å²) in [6, 6.07) is 5.67. The van der Waals surface area contributed by atoms with Crippen molar-refractivity contribution in [2.45, 2.75) is 23.2 Å². The summed E-state index contributed by atoms with van der Waals surface area (Å²) in [6.07, 6.45) is 1.73. The van der Waals surface area contributed by atoms with Crippen molar-refractivity contribution >= 4 is 11.8 Å². The quantitative estimate of drug-likeness (QED) is 0.705. The van der Waals surface area contributed by atoms with Gasteiger partial charge in [-0.2, -0.15) is 0 Å². The molecule has 72 valence electrons. The molecule has 0 saturated heterocycles. The van der Waals surface area contributed by atoms with Gasteiger partial charge in [0.05, 0.1) is 11.6 Å². The van der Waals surface area contributed by atoms with Gasteiger partial charge in [-0.3, -0.25) is 0 Å². The van der Waals surface area contributed by atoms with Gasteiger partial charge in [0.25, 0.3) is 0 Å². The lowest BCUT2D eigenvalue weighted by Crippen LogP contribution is -2.31. The normalized spacial score (nSPS) is 15.3. The van der Waals surface area contributed by atoms with E-state index in [0.717, 1.165) is 5.03 Å². The van der Waals surface area contributed by atoms with E-state index >= 15 is 0 Å². The van der Waals surface area contributed by atoms with Crippen LogP contribution in [0.2, 0.25) is 0 Å². The first-order chi connectivity index (χ1) is 6.24. The Labute approximate surface area is 82.4 Å². The lowest BCUT2D eigenvalue weighted by Gasteiger charge is -2.16. The van der Waals surface area contributed by atoms with Crippen molar-refractivity contribution in [1.29, 1.82) is 0 Å². The Hall–Kier alpha value is -0.580. The third-order valence-corrected chi connectivity index (χ3v) is 3.04. The Bertz CT molecular complexity index is 241. The molecule has 1 rings (SSSR count). The molecule has 0 radical (unpaired) electrons. The molecule has 0 aliphatic heterocycles. The Balaban J connectivity index is 2.57. The SMILES string of the molecule is CC(N)C(CO)Sc1ccccn1. The number of aliphatic hydroxyl groups is 1. The fourth-order valence-corrected chi connectivity index (χ4v) is 1.76. The van der Waals surface area contributed by atoms with Crippen LogP contribution < -0.4 is 5.73 Å². The fraction of sp³-hybridized carbons (Fsp3) is 0.444. The molecule has 0 aliphatic rings. The number of thioether (sulfide) groups is 1. The number of pyridine rings is 1. The molecule has 2 atom stereocenters. The molecule has 0 bridgehead atoms. The highest BCUT2D eigenvalue weighted by Crippen LogP contribution is 2.21. The van der Waals surface area contributed by atoms with Crippen LogP contribution in [0, 0.1) is 0 Å². The maximum Gasteiger partial charge on any atom is 0.0963 e. The van der Waals surface area contributed by atoms with Gasteiger partial charge in [0.1, 0.15) is 0 Å². The van der Waals surface area contributed by atoms with Crippen molar-refractivity contribution in [3.05, 3.63) is 24.4 Å². The summed E-state index contributed by atoms with van der Waals surface area (Å²) in [4.78, 5) is 4.15. The zero-order chi connectivity index (χ0) is 9.68. The largest absolute Gasteiger partial charge is 0.395 e. The number of hydrogen-bond acceptors (Lipinski definition) is 4. The van der Waals surface area contributed by atoms with Crippen LogP contribution in [-0.2, 0) is 0 Å². The van der Waals surface area contributed by atoms with Crippen LogP contribution in [0.25, 0.3) is 0 Å². The lowest BCUT2D eigenvalue weighted by molar-refractivity contribution is 0.285. The molecule has 0 aromatic carbocycles. The molecule has 1 heterocycles. The predicted molar refractivity (Wildman–Crippen MR) is 54.6 cm³/mol. The third kappa shape index (κ3) is 3.34. The van der Waals surface area contributed by atoms with Gasteiger partial charge >= 0.3 is 0 Å². The summed E-state index contributed by atoms with van der Waals surface area (Å²) in [5.41, 5.74) is 5.69. The molecule has 13 heavy (non-hydrogen) atoms. The number of rotatable bonds is 4.